The number of fused-ring (bicyclic) bond motifs is 17. The van der Waals surface area contributed by atoms with Gasteiger partial charge in [0.1, 0.15) is 0 Å². The first kappa shape index (κ1) is 33.7. The van der Waals surface area contributed by atoms with Crippen molar-refractivity contribution in [3.63, 3.8) is 0 Å². The molecule has 0 N–H and O–H groups in total. The van der Waals surface area contributed by atoms with E-state index in [0.29, 0.717) is 0 Å². The van der Waals surface area contributed by atoms with E-state index in [-0.39, 0.29) is 5.41 Å². The first-order valence-corrected chi connectivity index (χ1v) is 21.2. The van der Waals surface area contributed by atoms with Gasteiger partial charge >= 0.3 is 0 Å². The summed E-state index contributed by atoms with van der Waals surface area (Å²) in [7, 11) is 0. The predicted molar refractivity (Wildman–Crippen MR) is 254 cm³/mol. The normalized spacial score (nSPS) is 14.4. The van der Waals surface area contributed by atoms with Gasteiger partial charge in [-0.25, -0.2) is 0 Å². The summed E-state index contributed by atoms with van der Waals surface area (Å²) in [5.74, 6) is 0. The van der Waals surface area contributed by atoms with Crippen LogP contribution >= 0.6 is 0 Å². The Labute approximate surface area is 350 Å². The molecule has 1 spiro atoms. The molecule has 2 aliphatic rings. The van der Waals surface area contributed by atoms with E-state index in [4.69, 9.17) is 0 Å². The van der Waals surface area contributed by atoms with E-state index in [1.165, 1.54) is 121 Å². The molecule has 0 aromatic heterocycles. The van der Waals surface area contributed by atoms with Crippen LogP contribution in [-0.2, 0) is 10.8 Å². The summed E-state index contributed by atoms with van der Waals surface area (Å²) in [5.41, 5.74) is 15.2. The van der Waals surface area contributed by atoms with Crippen LogP contribution < -0.4 is 0 Å². The Morgan fingerprint density at radius 1 is 0.267 bits per heavy atom. The van der Waals surface area contributed by atoms with Crippen LogP contribution in [0, 0.1) is 0 Å². The van der Waals surface area contributed by atoms with E-state index < -0.39 is 5.41 Å². The van der Waals surface area contributed by atoms with Crippen molar-refractivity contribution in [2.75, 3.05) is 0 Å². The highest BCUT2D eigenvalue weighted by molar-refractivity contribution is 6.13. The van der Waals surface area contributed by atoms with Gasteiger partial charge in [0.05, 0.1) is 5.41 Å². The van der Waals surface area contributed by atoms with Crippen molar-refractivity contribution in [2.24, 2.45) is 0 Å². The third-order valence-corrected chi connectivity index (χ3v) is 14.3. The van der Waals surface area contributed by atoms with Crippen LogP contribution in [0.25, 0.3) is 87.2 Å². The minimum absolute atomic E-state index is 0.180. The van der Waals surface area contributed by atoms with Gasteiger partial charge in [-0.15, -0.1) is 0 Å². The fourth-order valence-electron chi connectivity index (χ4n) is 11.6. The molecule has 13 rings (SSSR count). The Morgan fingerprint density at radius 2 is 0.717 bits per heavy atom. The molecule has 0 unspecified atom stereocenters. The zero-order chi connectivity index (χ0) is 39.7. The van der Waals surface area contributed by atoms with Gasteiger partial charge in [0, 0.05) is 5.41 Å². The van der Waals surface area contributed by atoms with E-state index >= 15 is 0 Å². The average Bonchev–Trinajstić information content (AvgIpc) is 3.60. The molecular formula is C60H40. The van der Waals surface area contributed by atoms with Crippen molar-refractivity contribution >= 4 is 53.9 Å². The van der Waals surface area contributed by atoms with E-state index in [2.05, 4.69) is 220 Å². The molecule has 0 atom stereocenters. The van der Waals surface area contributed by atoms with Crippen LogP contribution in [0.3, 0.4) is 0 Å². The number of hydrogen-bond acceptors (Lipinski definition) is 0. The van der Waals surface area contributed by atoms with Gasteiger partial charge in [-0.05, 0) is 145 Å². The van der Waals surface area contributed by atoms with E-state index in [0.717, 1.165) is 0 Å². The van der Waals surface area contributed by atoms with E-state index in [1.807, 2.05) is 0 Å². The highest BCUT2D eigenvalue weighted by Crippen LogP contribution is 2.64. The minimum Gasteiger partial charge on any atom is -0.0619 e. The lowest BCUT2D eigenvalue weighted by molar-refractivity contribution is 0.563. The first-order valence-electron chi connectivity index (χ1n) is 21.2. The van der Waals surface area contributed by atoms with Gasteiger partial charge < -0.3 is 0 Å². The molecule has 0 amide bonds. The van der Waals surface area contributed by atoms with Gasteiger partial charge in [-0.3, -0.25) is 0 Å². The summed E-state index contributed by atoms with van der Waals surface area (Å²) in [6.07, 6.45) is 0. The molecule has 0 radical (unpaired) electrons. The van der Waals surface area contributed by atoms with Gasteiger partial charge in [0.15, 0.2) is 0 Å². The highest BCUT2D eigenvalue weighted by Gasteiger charge is 2.54. The number of benzene rings is 11. The second-order valence-corrected chi connectivity index (χ2v) is 17.6. The molecule has 0 bridgehead atoms. The molecule has 11 aromatic carbocycles. The lowest BCUT2D eigenvalue weighted by Gasteiger charge is -2.46. The predicted octanol–water partition coefficient (Wildman–Crippen LogP) is 15.8. The fraction of sp³-hybridized carbons (Fsp3) is 0.0667. The first-order chi connectivity index (χ1) is 29.5. The van der Waals surface area contributed by atoms with E-state index in [1.54, 1.807) is 0 Å². The van der Waals surface area contributed by atoms with Crippen LogP contribution in [0.5, 0.6) is 0 Å². The minimum atomic E-state index is -0.539. The lowest BCUT2D eigenvalue weighted by atomic mass is 9.55. The zero-order valence-electron chi connectivity index (χ0n) is 33.6. The molecule has 0 fully saturated rings. The quantitative estimate of drug-likeness (QED) is 0.154. The van der Waals surface area contributed by atoms with Crippen molar-refractivity contribution in [1.82, 2.24) is 0 Å². The van der Waals surface area contributed by atoms with E-state index in [9.17, 15) is 0 Å². The molecule has 11 aromatic rings. The smallest absolute Gasteiger partial charge is 0.0619 e. The Kier molecular flexibility index (Phi) is 6.81. The monoisotopic (exact) mass is 760 g/mol. The van der Waals surface area contributed by atoms with Crippen LogP contribution in [0.15, 0.2) is 206 Å². The molecule has 0 saturated heterocycles. The molecular weight excluding hydrogens is 721 g/mol. The molecule has 0 heterocycles. The Hall–Kier alpha value is -7.28. The summed E-state index contributed by atoms with van der Waals surface area (Å²) in [4.78, 5) is 0. The van der Waals surface area contributed by atoms with Gasteiger partial charge in [0.25, 0.3) is 0 Å². The van der Waals surface area contributed by atoms with Crippen molar-refractivity contribution in [2.45, 2.75) is 24.7 Å². The average molecular weight is 761 g/mol. The summed E-state index contributed by atoms with van der Waals surface area (Å²) in [5, 5.41) is 12.8. The third kappa shape index (κ3) is 4.40. The van der Waals surface area contributed by atoms with Crippen LogP contribution in [0.1, 0.15) is 47.2 Å². The molecule has 0 saturated carbocycles. The molecule has 0 nitrogen and oxygen atoms in total. The SMILES string of the molecule is CC1(C)c2ccccc2C2(c3cc(-c4ccc5c(ccc6ccccc65)c4)ccc3-c3c2cc(-c2ccc4c(ccc5ccccc54)c2)c2ccccc32)c2ccccc21. The summed E-state index contributed by atoms with van der Waals surface area (Å²) >= 11 is 0. The standard InChI is InChI=1S/C60H40/c1-59(2)52-19-9-11-21-54(52)60(55-22-12-10-20-53(55)59)56-35-40(39-27-30-46-41(33-39)25-23-37-13-3-5-15-44(37)46)28-32-50(56)58-49-18-8-7-17-48(49)51(36-57(58)60)43-29-31-47-42(34-43)26-24-38-14-4-6-16-45(38)47/h3-36H,1-2H3. The number of rotatable bonds is 2. The zero-order valence-corrected chi connectivity index (χ0v) is 33.6. The second kappa shape index (κ2) is 12.1. The van der Waals surface area contributed by atoms with Gasteiger partial charge in [-0.1, -0.05) is 196 Å². The van der Waals surface area contributed by atoms with Gasteiger partial charge in [0.2, 0.25) is 0 Å². The second-order valence-electron chi connectivity index (χ2n) is 17.6. The maximum Gasteiger partial charge on any atom is 0.0720 e. The molecule has 0 heteroatoms. The van der Waals surface area contributed by atoms with Crippen molar-refractivity contribution in [1.29, 1.82) is 0 Å². The summed E-state index contributed by atoms with van der Waals surface area (Å²) in [6.45, 7) is 4.82. The lowest BCUT2D eigenvalue weighted by Crippen LogP contribution is -2.40. The Bertz CT molecular complexity index is 3590. The molecule has 280 valence electrons. The third-order valence-electron chi connectivity index (χ3n) is 14.3. The largest absolute Gasteiger partial charge is 0.0720 e. The topological polar surface area (TPSA) is 0 Å². The Morgan fingerprint density at radius 3 is 1.35 bits per heavy atom. The molecule has 60 heavy (non-hydrogen) atoms. The molecule has 0 aliphatic heterocycles. The summed E-state index contributed by atoms with van der Waals surface area (Å²) < 4.78 is 0. The number of hydrogen-bond donors (Lipinski definition) is 0. The van der Waals surface area contributed by atoms with Crippen molar-refractivity contribution in [3.05, 3.63) is 240 Å². The molecule has 2 aliphatic carbocycles. The van der Waals surface area contributed by atoms with Gasteiger partial charge in [-0.2, -0.15) is 0 Å². The van der Waals surface area contributed by atoms with Crippen LogP contribution in [0.2, 0.25) is 0 Å². The maximum atomic E-state index is 2.58. The fourth-order valence-corrected chi connectivity index (χ4v) is 11.6. The van der Waals surface area contributed by atoms with Crippen LogP contribution in [-0.4, -0.2) is 0 Å². The van der Waals surface area contributed by atoms with Crippen molar-refractivity contribution < 1.29 is 0 Å². The Balaban J connectivity index is 1.13. The summed E-state index contributed by atoms with van der Waals surface area (Å²) in [6, 6.07) is 78.3. The van der Waals surface area contributed by atoms with Crippen molar-refractivity contribution in [3.8, 4) is 33.4 Å². The maximum absolute atomic E-state index is 2.58. The highest BCUT2D eigenvalue weighted by atomic mass is 14.5. The van der Waals surface area contributed by atoms with Crippen LogP contribution in [0.4, 0.5) is 0 Å².